The van der Waals surface area contributed by atoms with E-state index in [0.717, 1.165) is 46.6 Å². The number of carbonyl (C=O) groups is 1. The number of carboxylic acid groups (broad SMARTS) is 1. The second kappa shape index (κ2) is 9.82. The van der Waals surface area contributed by atoms with E-state index in [4.69, 9.17) is 4.74 Å². The van der Waals surface area contributed by atoms with Crippen LogP contribution in [0.3, 0.4) is 0 Å². The molecule has 3 aromatic rings. The molecule has 0 unspecified atom stereocenters. The van der Waals surface area contributed by atoms with E-state index in [1.54, 1.807) is 6.20 Å². The van der Waals surface area contributed by atoms with Gasteiger partial charge in [-0.1, -0.05) is 6.07 Å². The summed E-state index contributed by atoms with van der Waals surface area (Å²) in [6.45, 7) is 3.62. The zero-order valence-corrected chi connectivity index (χ0v) is 18.5. The first-order chi connectivity index (χ1) is 15.5. The van der Waals surface area contributed by atoms with Gasteiger partial charge in [0.15, 0.2) is 0 Å². The maximum Gasteiger partial charge on any atom is 0.412 e. The van der Waals surface area contributed by atoms with Gasteiger partial charge in [-0.05, 0) is 74.1 Å². The molecule has 168 valence electrons. The summed E-state index contributed by atoms with van der Waals surface area (Å²) in [5, 5.41) is 14.3. The number of nitrogens with one attached hydrogen (secondary N) is 1. The van der Waals surface area contributed by atoms with Crippen LogP contribution < -0.4 is 15.0 Å². The Morgan fingerprint density at radius 2 is 2.03 bits per heavy atom. The van der Waals surface area contributed by atoms with Gasteiger partial charge in [-0.25, -0.2) is 14.8 Å². The molecule has 0 atom stereocenters. The first-order valence-electron chi connectivity index (χ1n) is 10.8. The molecule has 1 saturated heterocycles. The largest absolute Gasteiger partial charge is 0.477 e. The number of ether oxygens (including phenoxy) is 1. The first kappa shape index (κ1) is 21.8. The van der Waals surface area contributed by atoms with Crippen LogP contribution in [0.2, 0.25) is 0 Å². The quantitative estimate of drug-likeness (QED) is 0.578. The number of hydrogen-bond donors (Lipinski definition) is 2. The van der Waals surface area contributed by atoms with Crippen LogP contribution in [0.1, 0.15) is 18.4 Å². The maximum atomic E-state index is 11.3. The molecule has 0 bridgehead atoms. The topological polar surface area (TPSA) is 90.8 Å². The highest BCUT2D eigenvalue weighted by Gasteiger charge is 2.17. The lowest BCUT2D eigenvalue weighted by molar-refractivity contribution is 0.157. The Labute approximate surface area is 187 Å². The van der Waals surface area contributed by atoms with Gasteiger partial charge >= 0.3 is 6.09 Å². The molecular weight excluding hydrogens is 406 g/mol. The molecule has 2 N–H and O–H groups in total. The minimum Gasteiger partial charge on any atom is -0.477 e. The van der Waals surface area contributed by atoms with Gasteiger partial charge in [0.2, 0.25) is 5.88 Å². The molecule has 0 radical (unpaired) electrons. The van der Waals surface area contributed by atoms with E-state index in [0.29, 0.717) is 24.2 Å². The monoisotopic (exact) mass is 435 g/mol. The van der Waals surface area contributed by atoms with Crippen molar-refractivity contribution in [2.24, 2.45) is 5.92 Å². The summed E-state index contributed by atoms with van der Waals surface area (Å²) in [6.07, 6.45) is 4.76. The predicted molar refractivity (Wildman–Crippen MR) is 125 cm³/mol. The third-order valence-electron chi connectivity index (χ3n) is 5.95. The fourth-order valence-corrected chi connectivity index (χ4v) is 3.87. The van der Waals surface area contributed by atoms with Gasteiger partial charge in [-0.2, -0.15) is 0 Å². The van der Waals surface area contributed by atoms with E-state index < -0.39 is 6.09 Å². The minimum atomic E-state index is -1.04. The van der Waals surface area contributed by atoms with Crippen molar-refractivity contribution in [3.05, 3.63) is 54.4 Å². The Balaban J connectivity index is 1.33. The molecule has 1 aliphatic heterocycles. The third-order valence-corrected chi connectivity index (χ3v) is 5.95. The number of piperidine rings is 1. The Kier molecular flexibility index (Phi) is 6.70. The fourth-order valence-electron chi connectivity index (χ4n) is 3.87. The van der Waals surface area contributed by atoms with Crippen LogP contribution in [0.15, 0.2) is 48.8 Å². The molecule has 0 spiro atoms. The van der Waals surface area contributed by atoms with Crippen molar-refractivity contribution in [2.75, 3.05) is 44.0 Å². The number of hydrogen-bond acceptors (Lipinski definition) is 6. The molecule has 2 aromatic heterocycles. The van der Waals surface area contributed by atoms with Crippen LogP contribution in [0.5, 0.6) is 5.88 Å². The number of fused-ring (bicyclic) bond motifs is 1. The average molecular weight is 436 g/mol. The summed E-state index contributed by atoms with van der Waals surface area (Å²) in [7, 11) is 3.65. The first-order valence-corrected chi connectivity index (χ1v) is 10.8. The van der Waals surface area contributed by atoms with Gasteiger partial charge < -0.3 is 20.1 Å². The Morgan fingerprint density at radius 1 is 1.22 bits per heavy atom. The average Bonchev–Trinajstić information content (AvgIpc) is 2.82. The summed E-state index contributed by atoms with van der Waals surface area (Å²) in [5.74, 6) is 1.69. The van der Waals surface area contributed by atoms with Crippen molar-refractivity contribution in [3.8, 4) is 5.88 Å². The van der Waals surface area contributed by atoms with Crippen molar-refractivity contribution in [2.45, 2.75) is 19.4 Å². The number of aromatic nitrogens is 2. The molecule has 8 heteroatoms. The van der Waals surface area contributed by atoms with E-state index >= 15 is 0 Å². The molecule has 1 fully saturated rings. The lowest BCUT2D eigenvalue weighted by Crippen LogP contribution is -2.32. The zero-order valence-electron chi connectivity index (χ0n) is 18.5. The normalized spacial score (nSPS) is 14.9. The van der Waals surface area contributed by atoms with Gasteiger partial charge in [0.25, 0.3) is 0 Å². The Morgan fingerprint density at radius 3 is 2.75 bits per heavy atom. The SMILES string of the molecule is CN1CCC(COc2ccc(CNc3ccc4c(N(C)C(=O)O)nccc4c3)cn2)CC1. The molecule has 1 aliphatic rings. The molecule has 0 aliphatic carbocycles. The van der Waals surface area contributed by atoms with E-state index in [-0.39, 0.29) is 0 Å². The number of pyridine rings is 2. The van der Waals surface area contributed by atoms with Crippen LogP contribution >= 0.6 is 0 Å². The summed E-state index contributed by atoms with van der Waals surface area (Å²) < 4.78 is 5.89. The Bertz CT molecular complexity index is 1060. The molecule has 8 nitrogen and oxygen atoms in total. The number of nitrogens with zero attached hydrogens (tertiary/aromatic N) is 4. The zero-order chi connectivity index (χ0) is 22.5. The molecule has 1 amide bonds. The molecule has 0 saturated carbocycles. The number of amides is 1. The summed E-state index contributed by atoms with van der Waals surface area (Å²) in [4.78, 5) is 23.4. The Hall–Kier alpha value is -3.39. The third kappa shape index (κ3) is 5.26. The molecule has 32 heavy (non-hydrogen) atoms. The van der Waals surface area contributed by atoms with Crippen molar-refractivity contribution in [1.82, 2.24) is 14.9 Å². The summed E-state index contributed by atoms with van der Waals surface area (Å²) >= 11 is 0. The van der Waals surface area contributed by atoms with E-state index in [9.17, 15) is 9.90 Å². The second-order valence-electron chi connectivity index (χ2n) is 8.33. The molecule has 4 rings (SSSR count). The van der Waals surface area contributed by atoms with Crippen molar-refractivity contribution in [1.29, 1.82) is 0 Å². The summed E-state index contributed by atoms with van der Waals surface area (Å²) in [5.41, 5.74) is 1.99. The van der Waals surface area contributed by atoms with E-state index in [2.05, 4.69) is 27.2 Å². The van der Waals surface area contributed by atoms with Crippen LogP contribution in [0, 0.1) is 5.92 Å². The fraction of sp³-hybridized carbons (Fsp3) is 0.375. The van der Waals surface area contributed by atoms with Crippen LogP contribution in [0.4, 0.5) is 16.3 Å². The van der Waals surface area contributed by atoms with Crippen molar-refractivity contribution < 1.29 is 14.6 Å². The second-order valence-corrected chi connectivity index (χ2v) is 8.33. The smallest absolute Gasteiger partial charge is 0.412 e. The number of rotatable bonds is 7. The molecular formula is C24H29N5O3. The molecule has 3 heterocycles. The van der Waals surface area contributed by atoms with Crippen LogP contribution in [0.25, 0.3) is 10.8 Å². The van der Waals surface area contributed by atoms with E-state index in [1.807, 2.05) is 42.6 Å². The van der Waals surface area contributed by atoms with Crippen molar-refractivity contribution in [3.63, 3.8) is 0 Å². The summed E-state index contributed by atoms with van der Waals surface area (Å²) in [6, 6.07) is 11.6. The van der Waals surface area contributed by atoms with Crippen LogP contribution in [-0.2, 0) is 6.54 Å². The standard InChI is InChI=1S/C24H29N5O3/c1-28-11-8-17(9-12-28)16-32-22-6-3-18(15-27-22)14-26-20-4-5-21-19(13-20)7-10-25-23(21)29(2)24(30)31/h3-7,10,13,15,17,26H,8-9,11-12,14,16H2,1-2H3,(H,30,31). The van der Waals surface area contributed by atoms with Crippen molar-refractivity contribution >= 4 is 28.4 Å². The lowest BCUT2D eigenvalue weighted by Gasteiger charge is -2.28. The van der Waals surface area contributed by atoms with Gasteiger partial charge in [0, 0.05) is 43.1 Å². The number of likely N-dealkylation sites (tertiary alicyclic amines) is 1. The van der Waals surface area contributed by atoms with Gasteiger partial charge in [-0.15, -0.1) is 0 Å². The molecule has 1 aromatic carbocycles. The highest BCUT2D eigenvalue weighted by molar-refractivity contribution is 5.99. The number of anilines is 2. The van der Waals surface area contributed by atoms with E-state index in [1.165, 1.54) is 19.9 Å². The highest BCUT2D eigenvalue weighted by atomic mass is 16.5. The van der Waals surface area contributed by atoms with Crippen LogP contribution in [-0.4, -0.2) is 59.9 Å². The van der Waals surface area contributed by atoms with Gasteiger partial charge in [0.1, 0.15) is 5.82 Å². The van der Waals surface area contributed by atoms with Gasteiger partial charge in [0.05, 0.1) is 6.61 Å². The lowest BCUT2D eigenvalue weighted by atomic mass is 9.98. The van der Waals surface area contributed by atoms with Gasteiger partial charge in [-0.3, -0.25) is 4.90 Å². The highest BCUT2D eigenvalue weighted by Crippen LogP contribution is 2.27. The maximum absolute atomic E-state index is 11.3. The predicted octanol–water partition coefficient (Wildman–Crippen LogP) is 4.08. The number of benzene rings is 1. The minimum absolute atomic E-state index is 0.418.